The zero-order chi connectivity index (χ0) is 26.2. The van der Waals surface area contributed by atoms with Gasteiger partial charge in [-0.05, 0) is 92.6 Å². The van der Waals surface area contributed by atoms with Crippen LogP contribution < -0.4 is 18.9 Å². The van der Waals surface area contributed by atoms with Crippen molar-refractivity contribution in [1.82, 2.24) is 24.3 Å². The molecule has 38 heavy (non-hydrogen) atoms. The van der Waals surface area contributed by atoms with Crippen molar-refractivity contribution in [2.75, 3.05) is 14.1 Å². The van der Waals surface area contributed by atoms with Crippen LogP contribution in [0.3, 0.4) is 0 Å². The van der Waals surface area contributed by atoms with Crippen molar-refractivity contribution in [1.29, 1.82) is 0 Å². The Kier molecular flexibility index (Phi) is 7.94. The van der Waals surface area contributed by atoms with Gasteiger partial charge in [0.15, 0.2) is 0 Å². The first-order valence-corrected chi connectivity index (χ1v) is 12.6. The standard InChI is InChI=1S/C26H21F2N6O2S.Li/c1-33(2)16-17-12-14-34-23(15-17)31-24(18-3-5-19(27)6-4-18)25(34)22-11-13-29-26(30-22)32-37(35,36)21-9-7-20(28)8-10-21;/h3-15H,16H2,1-2H3;/q-1;+1. The number of rotatable bonds is 7. The van der Waals surface area contributed by atoms with Crippen LogP contribution >= 0.6 is 0 Å². The minimum absolute atomic E-state index is 0. The third-order valence-electron chi connectivity index (χ3n) is 5.51. The molecule has 0 bridgehead atoms. The molecule has 0 radical (unpaired) electrons. The van der Waals surface area contributed by atoms with Crippen LogP contribution in [0.5, 0.6) is 0 Å². The first kappa shape index (κ1) is 27.4. The largest absolute Gasteiger partial charge is 1.00 e. The molecule has 5 rings (SSSR count). The van der Waals surface area contributed by atoms with E-state index in [2.05, 4.69) is 14.7 Å². The topological polar surface area (TPSA) is 94.6 Å². The van der Waals surface area contributed by atoms with Crippen molar-refractivity contribution in [2.24, 2.45) is 0 Å². The SMILES string of the molecule is CN(C)Cc1ccn2c(-c3ccnc([N-]S(=O)(=O)c4ccc(F)cc4)n3)c(-c3ccc(F)cc3)nc2c1.[Li+]. The van der Waals surface area contributed by atoms with Crippen molar-refractivity contribution >= 4 is 21.6 Å². The second-order valence-electron chi connectivity index (χ2n) is 8.58. The van der Waals surface area contributed by atoms with Gasteiger partial charge in [0.25, 0.3) is 0 Å². The number of benzene rings is 2. The minimum atomic E-state index is -4.18. The molecule has 0 aliphatic rings. The molecule has 8 nitrogen and oxygen atoms in total. The van der Waals surface area contributed by atoms with E-state index in [1.165, 1.54) is 18.3 Å². The summed E-state index contributed by atoms with van der Waals surface area (Å²) >= 11 is 0. The predicted octanol–water partition coefficient (Wildman–Crippen LogP) is 2.20. The number of fused-ring (bicyclic) bond motifs is 1. The summed E-state index contributed by atoms with van der Waals surface area (Å²) in [5, 5.41) is 0. The number of halogens is 2. The van der Waals surface area contributed by atoms with Gasteiger partial charge in [-0.1, -0.05) is 0 Å². The Morgan fingerprint density at radius 1 is 0.921 bits per heavy atom. The molecule has 0 N–H and O–H groups in total. The van der Waals surface area contributed by atoms with E-state index in [0.29, 0.717) is 34.8 Å². The van der Waals surface area contributed by atoms with Gasteiger partial charge in [-0.15, -0.1) is 0 Å². The minimum Gasteiger partial charge on any atom is -0.366 e. The summed E-state index contributed by atoms with van der Waals surface area (Å²) in [6, 6.07) is 15.8. The molecule has 3 aromatic heterocycles. The first-order chi connectivity index (χ1) is 17.7. The molecule has 2 aromatic carbocycles. The molecule has 0 fully saturated rings. The first-order valence-electron chi connectivity index (χ1n) is 11.2. The molecular formula is C26H21F2LiN6O2S. The second kappa shape index (κ2) is 11.0. The predicted molar refractivity (Wildman–Crippen MR) is 136 cm³/mol. The van der Waals surface area contributed by atoms with E-state index in [4.69, 9.17) is 4.98 Å². The van der Waals surface area contributed by atoms with Crippen LogP contribution in [-0.2, 0) is 16.6 Å². The number of imidazole rings is 1. The molecule has 188 valence electrons. The zero-order valence-electron chi connectivity index (χ0n) is 20.9. The van der Waals surface area contributed by atoms with Crippen LogP contribution in [0.15, 0.2) is 84.0 Å². The number of pyridine rings is 1. The van der Waals surface area contributed by atoms with Crippen molar-refractivity contribution < 1.29 is 36.1 Å². The third-order valence-corrected chi connectivity index (χ3v) is 6.78. The molecule has 0 saturated heterocycles. The van der Waals surface area contributed by atoms with Gasteiger partial charge >= 0.3 is 18.9 Å². The van der Waals surface area contributed by atoms with E-state index in [1.54, 1.807) is 18.2 Å². The van der Waals surface area contributed by atoms with Crippen LogP contribution in [0.4, 0.5) is 14.7 Å². The normalized spacial score (nSPS) is 11.5. The van der Waals surface area contributed by atoms with E-state index in [1.807, 2.05) is 41.7 Å². The van der Waals surface area contributed by atoms with Crippen LogP contribution in [0.2, 0.25) is 0 Å². The van der Waals surface area contributed by atoms with Crippen molar-refractivity contribution in [2.45, 2.75) is 11.4 Å². The summed E-state index contributed by atoms with van der Waals surface area (Å²) in [7, 11) is -0.239. The van der Waals surface area contributed by atoms with E-state index >= 15 is 0 Å². The Morgan fingerprint density at radius 2 is 1.58 bits per heavy atom. The van der Waals surface area contributed by atoms with Gasteiger partial charge in [0.2, 0.25) is 10.0 Å². The monoisotopic (exact) mass is 526 g/mol. The smallest absolute Gasteiger partial charge is 0.366 e. The molecule has 5 aromatic rings. The van der Waals surface area contributed by atoms with E-state index in [-0.39, 0.29) is 35.5 Å². The maximum Gasteiger partial charge on any atom is 1.00 e. The second-order valence-corrected chi connectivity index (χ2v) is 10.2. The Morgan fingerprint density at radius 3 is 2.24 bits per heavy atom. The van der Waals surface area contributed by atoms with E-state index < -0.39 is 15.8 Å². The number of hydrogen-bond acceptors (Lipinski definition) is 6. The Bertz CT molecular complexity index is 1690. The Balaban J connectivity index is 0.00000336. The van der Waals surface area contributed by atoms with Crippen LogP contribution in [0.25, 0.3) is 33.0 Å². The van der Waals surface area contributed by atoms with E-state index in [9.17, 15) is 17.2 Å². The Labute approximate surface area is 230 Å². The van der Waals surface area contributed by atoms with Crippen LogP contribution in [-0.4, -0.2) is 46.8 Å². The number of sulfonamides is 1. The van der Waals surface area contributed by atoms with Crippen molar-refractivity contribution in [3.05, 3.63) is 101 Å². The molecule has 0 amide bonds. The maximum absolute atomic E-state index is 13.6. The van der Waals surface area contributed by atoms with Gasteiger partial charge in [0.05, 0.1) is 16.3 Å². The molecule has 0 saturated carbocycles. The molecule has 0 aliphatic heterocycles. The quantitative estimate of drug-likeness (QED) is 0.302. The van der Waals surface area contributed by atoms with Gasteiger partial charge in [-0.25, -0.2) is 22.2 Å². The molecule has 0 aliphatic carbocycles. The van der Waals surface area contributed by atoms with Gasteiger partial charge in [-0.2, -0.15) is 0 Å². The summed E-state index contributed by atoms with van der Waals surface area (Å²) in [5.41, 5.74) is 3.82. The fourth-order valence-corrected chi connectivity index (χ4v) is 4.78. The number of nitrogens with zero attached hydrogens (tertiary/aromatic N) is 6. The average molecular weight is 526 g/mol. The van der Waals surface area contributed by atoms with Gasteiger partial charge in [0.1, 0.15) is 17.3 Å². The summed E-state index contributed by atoms with van der Waals surface area (Å²) in [4.78, 5) is 15.0. The summed E-state index contributed by atoms with van der Waals surface area (Å²) in [5.74, 6) is -1.23. The summed E-state index contributed by atoms with van der Waals surface area (Å²) < 4.78 is 57.9. The van der Waals surface area contributed by atoms with Crippen LogP contribution in [0, 0.1) is 11.6 Å². The zero-order valence-corrected chi connectivity index (χ0v) is 21.7. The molecule has 3 heterocycles. The summed E-state index contributed by atoms with van der Waals surface area (Å²) in [6.45, 7) is 0.711. The van der Waals surface area contributed by atoms with Gasteiger partial charge in [0, 0.05) is 29.9 Å². The fraction of sp³-hybridized carbons (Fsp3) is 0.115. The fourth-order valence-electron chi connectivity index (χ4n) is 3.90. The summed E-state index contributed by atoms with van der Waals surface area (Å²) in [6.07, 6.45) is 3.26. The number of hydrogen-bond donors (Lipinski definition) is 0. The molecule has 0 unspecified atom stereocenters. The third kappa shape index (κ3) is 5.76. The van der Waals surface area contributed by atoms with Gasteiger partial charge in [-0.3, -0.25) is 9.12 Å². The Hall–Kier alpha value is -3.62. The molecule has 12 heteroatoms. The average Bonchev–Trinajstić information content (AvgIpc) is 3.23. The maximum atomic E-state index is 13.6. The number of aromatic nitrogens is 4. The van der Waals surface area contributed by atoms with Gasteiger partial charge < -0.3 is 14.9 Å². The molecule has 0 spiro atoms. The van der Waals surface area contributed by atoms with E-state index in [0.717, 1.165) is 29.8 Å². The molecular weight excluding hydrogens is 505 g/mol. The van der Waals surface area contributed by atoms with Crippen LogP contribution in [0.1, 0.15) is 5.56 Å². The van der Waals surface area contributed by atoms with Crippen molar-refractivity contribution in [3.8, 4) is 22.6 Å². The van der Waals surface area contributed by atoms with Crippen molar-refractivity contribution in [3.63, 3.8) is 0 Å². The molecule has 0 atom stereocenters.